The molecule has 4 aromatic rings. The number of hydrogen-bond acceptors (Lipinski definition) is 4. The predicted octanol–water partition coefficient (Wildman–Crippen LogP) is 6.65. The van der Waals surface area contributed by atoms with Crippen LogP contribution in [0.25, 0.3) is 0 Å². The molecule has 1 atom stereocenters. The molecular weight excluding hydrogens is 650 g/mol. The fourth-order valence-corrected chi connectivity index (χ4v) is 7.62. The van der Waals surface area contributed by atoms with E-state index in [-0.39, 0.29) is 23.4 Å². The van der Waals surface area contributed by atoms with Crippen LogP contribution in [0, 0.1) is 6.92 Å². The molecule has 2 amide bonds. The highest BCUT2D eigenvalue weighted by molar-refractivity contribution is 9.10. The quantitative estimate of drug-likeness (QED) is 0.181. The summed E-state index contributed by atoms with van der Waals surface area (Å²) < 4.78 is 30.0. The summed E-state index contributed by atoms with van der Waals surface area (Å²) >= 11 is 3.45. The van der Waals surface area contributed by atoms with Crippen LogP contribution in [0.2, 0.25) is 0 Å². The molecule has 0 spiro atoms. The number of nitrogens with zero attached hydrogens (tertiary/aromatic N) is 2. The van der Waals surface area contributed by atoms with Crippen molar-refractivity contribution in [1.29, 1.82) is 0 Å². The SMILES string of the molecule is Cc1cccc(CN(C(=O)CN(c2cccc(Br)c2)S(=O)(=O)c2ccccc2)[C@H](Cc2ccccc2)C(=O)NC2CCCC2)c1. The first-order valence-corrected chi connectivity index (χ1v) is 17.5. The van der Waals surface area contributed by atoms with Crippen LogP contribution in [0.3, 0.4) is 0 Å². The first-order chi connectivity index (χ1) is 21.7. The van der Waals surface area contributed by atoms with Crippen LogP contribution in [0.15, 0.2) is 119 Å². The normalized spacial score (nSPS) is 14.1. The number of benzene rings is 4. The third-order valence-corrected chi connectivity index (χ3v) is 10.4. The highest BCUT2D eigenvalue weighted by Gasteiger charge is 2.35. The van der Waals surface area contributed by atoms with Crippen LogP contribution in [-0.4, -0.2) is 43.8 Å². The van der Waals surface area contributed by atoms with E-state index in [2.05, 4.69) is 21.2 Å². The minimum absolute atomic E-state index is 0.0586. The zero-order valence-corrected chi connectivity index (χ0v) is 27.7. The van der Waals surface area contributed by atoms with Crippen molar-refractivity contribution in [2.75, 3.05) is 10.8 Å². The van der Waals surface area contributed by atoms with Gasteiger partial charge in [0.2, 0.25) is 11.8 Å². The zero-order valence-electron chi connectivity index (χ0n) is 25.3. The maximum Gasteiger partial charge on any atom is 0.264 e. The van der Waals surface area contributed by atoms with Crippen LogP contribution < -0.4 is 9.62 Å². The summed E-state index contributed by atoms with van der Waals surface area (Å²) in [5.41, 5.74) is 3.13. The van der Waals surface area contributed by atoms with Gasteiger partial charge in [-0.3, -0.25) is 13.9 Å². The molecule has 1 aliphatic rings. The molecule has 1 N–H and O–H groups in total. The second-order valence-corrected chi connectivity index (χ2v) is 14.3. The molecule has 0 heterocycles. The lowest BCUT2D eigenvalue weighted by Gasteiger charge is -2.34. The molecule has 4 aromatic carbocycles. The van der Waals surface area contributed by atoms with Crippen LogP contribution in [0.1, 0.15) is 42.4 Å². The molecule has 0 bridgehead atoms. The molecule has 9 heteroatoms. The standard InChI is InChI=1S/C36H38BrN3O4S/c1-27-12-10-15-29(22-27)25-39(34(23-28-13-4-2-5-14-28)36(42)38-31-17-8-9-18-31)35(41)26-40(32-19-11-16-30(37)24-32)45(43,44)33-20-6-3-7-21-33/h2-7,10-16,19-22,24,31,34H,8-9,17-18,23,25-26H2,1H3,(H,38,42)/t34-/m1/s1. The predicted molar refractivity (Wildman–Crippen MR) is 181 cm³/mol. The van der Waals surface area contributed by atoms with E-state index in [0.717, 1.165) is 46.7 Å². The first kappa shape index (κ1) is 32.4. The highest BCUT2D eigenvalue weighted by Crippen LogP contribution is 2.27. The number of sulfonamides is 1. The lowest BCUT2D eigenvalue weighted by Crippen LogP contribution is -2.54. The van der Waals surface area contributed by atoms with Gasteiger partial charge >= 0.3 is 0 Å². The summed E-state index contributed by atoms with van der Waals surface area (Å²) in [5.74, 6) is -0.704. The van der Waals surface area contributed by atoms with Crippen molar-refractivity contribution < 1.29 is 18.0 Å². The lowest BCUT2D eigenvalue weighted by atomic mass is 10.0. The van der Waals surface area contributed by atoms with Gasteiger partial charge in [0.25, 0.3) is 10.0 Å². The van der Waals surface area contributed by atoms with Crippen molar-refractivity contribution in [3.8, 4) is 0 Å². The second-order valence-electron chi connectivity index (χ2n) is 11.5. The van der Waals surface area contributed by atoms with Gasteiger partial charge in [0.05, 0.1) is 10.6 Å². The maximum atomic E-state index is 14.6. The average molecular weight is 689 g/mol. The summed E-state index contributed by atoms with van der Waals surface area (Å²) in [6, 6.07) is 31.6. The maximum absolute atomic E-state index is 14.6. The van der Waals surface area contributed by atoms with Crippen molar-refractivity contribution in [2.45, 2.75) is 62.6 Å². The van der Waals surface area contributed by atoms with Gasteiger partial charge in [0.15, 0.2) is 0 Å². The summed E-state index contributed by atoms with van der Waals surface area (Å²) in [7, 11) is -4.14. The van der Waals surface area contributed by atoms with Crippen LogP contribution in [-0.2, 0) is 32.6 Å². The minimum Gasteiger partial charge on any atom is -0.352 e. The smallest absolute Gasteiger partial charge is 0.264 e. The van der Waals surface area contributed by atoms with Gasteiger partial charge in [0, 0.05) is 23.5 Å². The molecule has 0 unspecified atom stereocenters. The van der Waals surface area contributed by atoms with E-state index in [1.54, 1.807) is 47.4 Å². The van der Waals surface area contributed by atoms with Gasteiger partial charge in [-0.15, -0.1) is 0 Å². The Morgan fingerprint density at radius 1 is 0.844 bits per heavy atom. The van der Waals surface area contributed by atoms with Crippen LogP contribution in [0.5, 0.6) is 0 Å². The fraction of sp³-hybridized carbons (Fsp3) is 0.278. The highest BCUT2D eigenvalue weighted by atomic mass is 79.9. The molecule has 1 fully saturated rings. The van der Waals surface area contributed by atoms with Gasteiger partial charge < -0.3 is 10.2 Å². The van der Waals surface area contributed by atoms with Crippen molar-refractivity contribution in [3.05, 3.63) is 130 Å². The number of carbonyl (C=O) groups excluding carboxylic acids is 2. The number of anilines is 1. The second kappa shape index (κ2) is 14.9. The zero-order chi connectivity index (χ0) is 31.8. The van der Waals surface area contributed by atoms with E-state index in [9.17, 15) is 18.0 Å². The summed E-state index contributed by atoms with van der Waals surface area (Å²) in [4.78, 5) is 30.3. The van der Waals surface area contributed by atoms with Crippen LogP contribution >= 0.6 is 15.9 Å². The number of rotatable bonds is 12. The van der Waals surface area contributed by atoms with Crippen molar-refractivity contribution in [2.24, 2.45) is 0 Å². The number of halogens is 1. The summed E-state index contributed by atoms with van der Waals surface area (Å²) in [6.45, 7) is 1.64. The Morgan fingerprint density at radius 2 is 1.49 bits per heavy atom. The van der Waals surface area contributed by atoms with Gasteiger partial charge in [-0.1, -0.05) is 113 Å². The Balaban J connectivity index is 1.56. The molecule has 1 saturated carbocycles. The lowest BCUT2D eigenvalue weighted by molar-refractivity contribution is -0.140. The number of nitrogens with one attached hydrogen (secondary N) is 1. The van der Waals surface area contributed by atoms with Crippen molar-refractivity contribution in [3.63, 3.8) is 0 Å². The van der Waals surface area contributed by atoms with Crippen LogP contribution in [0.4, 0.5) is 5.69 Å². The van der Waals surface area contributed by atoms with Gasteiger partial charge in [-0.2, -0.15) is 0 Å². The van der Waals surface area contributed by atoms with Crippen molar-refractivity contribution >= 4 is 43.5 Å². The summed E-state index contributed by atoms with van der Waals surface area (Å²) in [5, 5.41) is 3.21. The molecule has 7 nitrogen and oxygen atoms in total. The molecule has 0 saturated heterocycles. The topological polar surface area (TPSA) is 86.8 Å². The molecule has 0 radical (unpaired) electrons. The number of carbonyl (C=O) groups is 2. The Kier molecular flexibility index (Phi) is 10.7. The van der Waals surface area contributed by atoms with Gasteiger partial charge in [-0.25, -0.2) is 8.42 Å². The van der Waals surface area contributed by atoms with E-state index in [4.69, 9.17) is 0 Å². The molecule has 5 rings (SSSR count). The summed E-state index contributed by atoms with van der Waals surface area (Å²) in [6.07, 6.45) is 4.21. The fourth-order valence-electron chi connectivity index (χ4n) is 5.81. The monoisotopic (exact) mass is 687 g/mol. The van der Waals surface area contributed by atoms with E-state index < -0.39 is 28.5 Å². The van der Waals surface area contributed by atoms with E-state index in [1.165, 1.54) is 12.1 Å². The Morgan fingerprint density at radius 3 is 2.16 bits per heavy atom. The molecule has 234 valence electrons. The third-order valence-electron chi connectivity index (χ3n) is 8.11. The number of hydrogen-bond donors (Lipinski definition) is 1. The minimum atomic E-state index is -4.14. The number of amides is 2. The van der Waals surface area contributed by atoms with Gasteiger partial charge in [0.1, 0.15) is 12.6 Å². The molecule has 0 aliphatic heterocycles. The van der Waals surface area contributed by atoms with E-state index in [1.807, 2.05) is 61.5 Å². The van der Waals surface area contributed by atoms with E-state index in [0.29, 0.717) is 16.6 Å². The average Bonchev–Trinajstić information content (AvgIpc) is 3.55. The first-order valence-electron chi connectivity index (χ1n) is 15.2. The largest absolute Gasteiger partial charge is 0.352 e. The number of aryl methyl sites for hydroxylation is 1. The third kappa shape index (κ3) is 8.41. The van der Waals surface area contributed by atoms with E-state index >= 15 is 0 Å². The molecule has 45 heavy (non-hydrogen) atoms. The Bertz CT molecular complexity index is 1710. The molecule has 1 aliphatic carbocycles. The van der Waals surface area contributed by atoms with Crippen molar-refractivity contribution in [1.82, 2.24) is 10.2 Å². The Hall–Kier alpha value is -3.95. The Labute approximate surface area is 274 Å². The van der Waals surface area contributed by atoms with Gasteiger partial charge in [-0.05, 0) is 61.2 Å². The molecule has 0 aromatic heterocycles. The molecular formula is C36H38BrN3O4S.